The molecule has 0 saturated heterocycles. The molecular formula is C21H16O4S2. The molecule has 3 aromatic rings. The second kappa shape index (κ2) is 8.26. The molecule has 2 aromatic carbocycles. The van der Waals surface area contributed by atoms with Crippen molar-refractivity contribution in [2.24, 2.45) is 0 Å². The van der Waals surface area contributed by atoms with Crippen LogP contribution in [0.5, 0.6) is 0 Å². The van der Waals surface area contributed by atoms with Crippen molar-refractivity contribution in [1.29, 1.82) is 0 Å². The normalized spacial score (nSPS) is 12.0. The highest BCUT2D eigenvalue weighted by Gasteiger charge is 2.21. The predicted molar refractivity (Wildman–Crippen MR) is 109 cm³/mol. The van der Waals surface area contributed by atoms with Gasteiger partial charge in [-0.25, -0.2) is 0 Å². The number of thiophene rings is 1. The van der Waals surface area contributed by atoms with Gasteiger partial charge < -0.3 is 0 Å². The summed E-state index contributed by atoms with van der Waals surface area (Å²) in [7, 11) is -4.36. The highest BCUT2D eigenvalue weighted by molar-refractivity contribution is 7.88. The molecule has 0 spiro atoms. The van der Waals surface area contributed by atoms with Crippen molar-refractivity contribution in [3.05, 3.63) is 89.3 Å². The lowest BCUT2D eigenvalue weighted by Gasteiger charge is -2.04. The number of hydrogen-bond donors (Lipinski definition) is 1. The molecule has 0 aliphatic rings. The summed E-state index contributed by atoms with van der Waals surface area (Å²) in [5.74, 6) is -0.225. The van der Waals surface area contributed by atoms with Crippen LogP contribution in [0.15, 0.2) is 82.4 Å². The third kappa shape index (κ3) is 4.89. The second-order valence-electron chi connectivity index (χ2n) is 5.67. The lowest BCUT2D eigenvalue weighted by atomic mass is 10.0. The summed E-state index contributed by atoms with van der Waals surface area (Å²) in [6, 6.07) is 18.3. The Hall–Kier alpha value is -2.80. The first-order valence-electron chi connectivity index (χ1n) is 8.05. The van der Waals surface area contributed by atoms with Gasteiger partial charge in [0.1, 0.15) is 0 Å². The Balaban J connectivity index is 1.91. The van der Waals surface area contributed by atoms with Gasteiger partial charge >= 0.3 is 10.1 Å². The highest BCUT2D eigenvalue weighted by Crippen LogP contribution is 2.36. The zero-order valence-electron chi connectivity index (χ0n) is 14.1. The molecule has 1 heterocycles. The quantitative estimate of drug-likeness (QED) is 0.472. The van der Waals surface area contributed by atoms with Gasteiger partial charge in [0.15, 0.2) is 9.99 Å². The van der Waals surface area contributed by atoms with Crippen LogP contribution < -0.4 is 0 Å². The van der Waals surface area contributed by atoms with Crippen molar-refractivity contribution in [2.45, 2.75) is 4.21 Å². The van der Waals surface area contributed by atoms with E-state index in [0.717, 1.165) is 16.9 Å². The van der Waals surface area contributed by atoms with Gasteiger partial charge in [-0.3, -0.25) is 9.35 Å². The summed E-state index contributed by atoms with van der Waals surface area (Å²) in [4.78, 5) is 12.1. The van der Waals surface area contributed by atoms with E-state index < -0.39 is 10.1 Å². The summed E-state index contributed by atoms with van der Waals surface area (Å²) in [5, 5.41) is 1.61. The molecule has 0 radical (unpaired) electrons. The van der Waals surface area contributed by atoms with E-state index in [0.29, 0.717) is 16.7 Å². The molecule has 1 N–H and O–H groups in total. The molecule has 0 aliphatic carbocycles. The van der Waals surface area contributed by atoms with Gasteiger partial charge in [-0.15, -0.1) is 11.3 Å². The van der Waals surface area contributed by atoms with E-state index in [9.17, 15) is 17.8 Å². The summed E-state index contributed by atoms with van der Waals surface area (Å²) >= 11 is 0.921. The minimum Gasteiger partial charge on any atom is -0.290 e. The van der Waals surface area contributed by atoms with E-state index in [-0.39, 0.29) is 9.99 Å². The largest absolute Gasteiger partial charge is 0.304 e. The molecule has 0 bridgehead atoms. The Morgan fingerprint density at radius 2 is 1.48 bits per heavy atom. The monoisotopic (exact) mass is 396 g/mol. The van der Waals surface area contributed by atoms with Crippen LogP contribution in [0, 0.1) is 0 Å². The zero-order valence-corrected chi connectivity index (χ0v) is 15.8. The summed E-state index contributed by atoms with van der Waals surface area (Å²) in [6.07, 6.45) is 6.10. The van der Waals surface area contributed by atoms with Crippen LogP contribution in [-0.2, 0) is 14.9 Å². The Labute approximate surface area is 161 Å². The van der Waals surface area contributed by atoms with Gasteiger partial charge in [0, 0.05) is 10.9 Å². The van der Waals surface area contributed by atoms with Gasteiger partial charge in [-0.2, -0.15) is 8.42 Å². The van der Waals surface area contributed by atoms with Crippen molar-refractivity contribution in [1.82, 2.24) is 0 Å². The van der Waals surface area contributed by atoms with Crippen LogP contribution in [0.1, 0.15) is 11.1 Å². The van der Waals surface area contributed by atoms with E-state index in [1.54, 1.807) is 41.8 Å². The van der Waals surface area contributed by atoms with Crippen LogP contribution in [0.4, 0.5) is 0 Å². The fourth-order valence-corrected chi connectivity index (χ4v) is 4.43. The first-order chi connectivity index (χ1) is 12.9. The van der Waals surface area contributed by atoms with Crippen molar-refractivity contribution < 1.29 is 17.8 Å². The number of benzene rings is 2. The van der Waals surface area contributed by atoms with Crippen molar-refractivity contribution in [2.75, 3.05) is 0 Å². The van der Waals surface area contributed by atoms with Crippen LogP contribution in [0.3, 0.4) is 0 Å². The van der Waals surface area contributed by atoms with Gasteiger partial charge in [-0.05, 0) is 34.9 Å². The standard InChI is InChI=1S/C21H16O4S2/c22-19(13-11-16-7-3-1-4-8-16)14-12-18-15-26-21(27(23,24)25)20(18)17-9-5-2-6-10-17/h1-15H,(H,23,24,25)/b13-11+,14-12+. The average Bonchev–Trinajstić information content (AvgIpc) is 3.11. The minimum atomic E-state index is -4.36. The van der Waals surface area contributed by atoms with Crippen LogP contribution in [0.2, 0.25) is 0 Å². The molecule has 0 fully saturated rings. The number of rotatable bonds is 6. The van der Waals surface area contributed by atoms with Crippen LogP contribution in [0.25, 0.3) is 23.3 Å². The van der Waals surface area contributed by atoms with Crippen molar-refractivity contribution >= 4 is 39.4 Å². The molecular weight excluding hydrogens is 380 g/mol. The fraction of sp³-hybridized carbons (Fsp3) is 0. The Bertz CT molecular complexity index is 1090. The predicted octanol–water partition coefficient (Wildman–Crippen LogP) is 4.96. The third-order valence-electron chi connectivity index (χ3n) is 3.75. The molecule has 0 unspecified atom stereocenters. The number of ketones is 1. The molecule has 0 aliphatic heterocycles. The number of allylic oxidation sites excluding steroid dienone is 2. The highest BCUT2D eigenvalue weighted by atomic mass is 32.3. The lowest BCUT2D eigenvalue weighted by Crippen LogP contribution is -1.97. The summed E-state index contributed by atoms with van der Waals surface area (Å²) in [6.45, 7) is 0. The molecule has 1 aromatic heterocycles. The Kier molecular flexibility index (Phi) is 5.81. The molecule has 3 rings (SSSR count). The van der Waals surface area contributed by atoms with Gasteiger partial charge in [0.25, 0.3) is 0 Å². The Morgan fingerprint density at radius 1 is 0.889 bits per heavy atom. The smallest absolute Gasteiger partial charge is 0.290 e. The maximum atomic E-state index is 12.1. The van der Waals surface area contributed by atoms with Crippen LogP contribution >= 0.6 is 11.3 Å². The SMILES string of the molecule is O=C(/C=C/c1ccccc1)/C=C/c1csc(S(=O)(=O)O)c1-c1ccccc1. The first-order valence-corrected chi connectivity index (χ1v) is 10.4. The minimum absolute atomic E-state index is 0.138. The molecule has 27 heavy (non-hydrogen) atoms. The van der Waals surface area contributed by atoms with Gasteiger partial charge in [0.2, 0.25) is 0 Å². The van der Waals surface area contributed by atoms with Crippen molar-refractivity contribution in [3.8, 4) is 11.1 Å². The van der Waals surface area contributed by atoms with Crippen LogP contribution in [-0.4, -0.2) is 18.8 Å². The second-order valence-corrected chi connectivity index (χ2v) is 8.17. The van der Waals surface area contributed by atoms with Gasteiger partial charge in [0.05, 0.1) is 0 Å². The Morgan fingerprint density at radius 3 is 2.11 bits per heavy atom. The summed E-state index contributed by atoms with van der Waals surface area (Å²) < 4.78 is 32.8. The molecule has 4 nitrogen and oxygen atoms in total. The topological polar surface area (TPSA) is 71.4 Å². The zero-order chi connectivity index (χ0) is 19.3. The number of hydrogen-bond acceptors (Lipinski definition) is 4. The van der Waals surface area contributed by atoms with E-state index in [4.69, 9.17) is 0 Å². The average molecular weight is 396 g/mol. The van der Waals surface area contributed by atoms with E-state index in [1.165, 1.54) is 12.2 Å². The maximum Gasteiger partial charge on any atom is 0.304 e. The molecule has 6 heteroatoms. The third-order valence-corrected chi connectivity index (χ3v) is 6.13. The van der Waals surface area contributed by atoms with Crippen molar-refractivity contribution in [3.63, 3.8) is 0 Å². The van der Waals surface area contributed by atoms with Gasteiger partial charge in [-0.1, -0.05) is 66.7 Å². The molecule has 0 atom stereocenters. The fourth-order valence-electron chi connectivity index (χ4n) is 2.52. The summed E-state index contributed by atoms with van der Waals surface area (Å²) in [5.41, 5.74) is 2.51. The lowest BCUT2D eigenvalue weighted by molar-refractivity contribution is -0.110. The number of carbonyl (C=O) groups excluding carboxylic acids is 1. The van der Waals surface area contributed by atoms with E-state index in [2.05, 4.69) is 0 Å². The van der Waals surface area contributed by atoms with E-state index in [1.807, 2.05) is 36.4 Å². The maximum absolute atomic E-state index is 12.1. The molecule has 0 amide bonds. The first kappa shape index (κ1) is 19.0. The number of carbonyl (C=O) groups is 1. The van der Waals surface area contributed by atoms with E-state index >= 15 is 0 Å². The molecule has 136 valence electrons. The molecule has 0 saturated carbocycles.